The summed E-state index contributed by atoms with van der Waals surface area (Å²) in [6, 6.07) is 18.3. The molecule has 2 aromatic carbocycles. The van der Waals surface area contributed by atoms with Gasteiger partial charge in [-0.05, 0) is 42.8 Å². The van der Waals surface area contributed by atoms with Gasteiger partial charge < -0.3 is 10.6 Å². The average Bonchev–Trinajstić information content (AvgIpc) is 3.22. The van der Waals surface area contributed by atoms with Crippen molar-refractivity contribution in [2.24, 2.45) is 0 Å². The maximum atomic E-state index is 12.1. The van der Waals surface area contributed by atoms with Crippen LogP contribution in [0.4, 0.5) is 0 Å². The molecule has 0 unspecified atom stereocenters. The molecule has 3 aromatic rings. The molecule has 26 heavy (non-hydrogen) atoms. The minimum Gasteiger partial charge on any atom is -0.348 e. The van der Waals surface area contributed by atoms with Gasteiger partial charge in [-0.2, -0.15) is 5.10 Å². The third-order valence-corrected chi connectivity index (χ3v) is 3.96. The highest BCUT2D eigenvalue weighted by Gasteiger charge is 2.12. The molecular formula is C20H20N4O2. The van der Waals surface area contributed by atoms with Crippen molar-refractivity contribution < 1.29 is 9.59 Å². The first-order valence-corrected chi connectivity index (χ1v) is 8.36. The van der Waals surface area contributed by atoms with Gasteiger partial charge in [-0.15, -0.1) is 0 Å². The molecule has 0 saturated heterocycles. The Bertz CT molecular complexity index is 876. The Kier molecular flexibility index (Phi) is 5.43. The van der Waals surface area contributed by atoms with Gasteiger partial charge in [0.05, 0.1) is 18.3 Å². The molecule has 0 radical (unpaired) electrons. The predicted molar refractivity (Wildman–Crippen MR) is 98.9 cm³/mol. The molecule has 1 heterocycles. The minimum absolute atomic E-state index is 0.0725. The van der Waals surface area contributed by atoms with Gasteiger partial charge in [0, 0.05) is 18.0 Å². The van der Waals surface area contributed by atoms with E-state index in [9.17, 15) is 9.59 Å². The third kappa shape index (κ3) is 4.36. The monoisotopic (exact) mass is 348 g/mol. The molecule has 0 spiro atoms. The molecule has 0 fully saturated rings. The van der Waals surface area contributed by atoms with Gasteiger partial charge in [-0.25, -0.2) is 4.68 Å². The molecule has 0 saturated carbocycles. The molecule has 6 nitrogen and oxygen atoms in total. The number of carbonyl (C=O) groups is 2. The molecule has 2 N–H and O–H groups in total. The smallest absolute Gasteiger partial charge is 0.251 e. The zero-order valence-corrected chi connectivity index (χ0v) is 14.4. The largest absolute Gasteiger partial charge is 0.348 e. The van der Waals surface area contributed by atoms with Gasteiger partial charge in [0.15, 0.2) is 0 Å². The van der Waals surface area contributed by atoms with Crippen molar-refractivity contribution in [3.63, 3.8) is 0 Å². The van der Waals surface area contributed by atoms with Gasteiger partial charge in [0.1, 0.15) is 0 Å². The Morgan fingerprint density at radius 3 is 2.62 bits per heavy atom. The number of hydrogen-bond donors (Lipinski definition) is 2. The maximum absolute atomic E-state index is 12.1. The van der Waals surface area contributed by atoms with Crippen LogP contribution >= 0.6 is 0 Å². The van der Waals surface area contributed by atoms with Gasteiger partial charge in [-0.3, -0.25) is 9.59 Å². The molecule has 0 bridgehead atoms. The van der Waals surface area contributed by atoms with Crippen molar-refractivity contribution in [1.29, 1.82) is 0 Å². The maximum Gasteiger partial charge on any atom is 0.251 e. The highest BCUT2D eigenvalue weighted by atomic mass is 16.2. The number of benzene rings is 2. The lowest BCUT2D eigenvalue weighted by Crippen LogP contribution is -2.38. The van der Waals surface area contributed by atoms with Crippen molar-refractivity contribution in [3.8, 4) is 5.69 Å². The van der Waals surface area contributed by atoms with E-state index in [0.717, 1.165) is 11.3 Å². The lowest BCUT2D eigenvalue weighted by Gasteiger charge is -2.16. The first-order chi connectivity index (χ1) is 12.6. The van der Waals surface area contributed by atoms with Crippen LogP contribution in [0.25, 0.3) is 5.69 Å². The highest BCUT2D eigenvalue weighted by Crippen LogP contribution is 2.16. The standard InChI is InChI=1S/C20H20N4O2/c1-15(17-9-5-10-18(13-17)24-12-6-11-22-24)23-19(25)14-21-20(26)16-7-3-2-4-8-16/h2-13,15H,14H2,1H3,(H,21,26)(H,23,25)/t15-/m1/s1. The van der Waals surface area contributed by atoms with Gasteiger partial charge in [-0.1, -0.05) is 30.3 Å². The van der Waals surface area contributed by atoms with Crippen molar-refractivity contribution in [3.05, 3.63) is 84.2 Å². The van der Waals surface area contributed by atoms with Crippen LogP contribution in [0.3, 0.4) is 0 Å². The summed E-state index contributed by atoms with van der Waals surface area (Å²) in [5.41, 5.74) is 2.41. The minimum atomic E-state index is -0.269. The lowest BCUT2D eigenvalue weighted by atomic mass is 10.1. The number of carbonyl (C=O) groups excluding carboxylic acids is 2. The van der Waals surface area contributed by atoms with E-state index in [1.165, 1.54) is 0 Å². The van der Waals surface area contributed by atoms with Crippen LogP contribution in [-0.2, 0) is 4.79 Å². The Balaban J connectivity index is 1.56. The normalized spacial score (nSPS) is 11.6. The summed E-state index contributed by atoms with van der Waals surface area (Å²) in [5.74, 6) is -0.514. The summed E-state index contributed by atoms with van der Waals surface area (Å²) in [4.78, 5) is 24.1. The molecule has 132 valence electrons. The molecular weight excluding hydrogens is 328 g/mol. The SMILES string of the molecule is C[C@@H](NC(=O)CNC(=O)c1ccccc1)c1cccc(-n2cccn2)c1. The number of nitrogens with one attached hydrogen (secondary N) is 2. The number of nitrogens with zero attached hydrogens (tertiary/aromatic N) is 2. The third-order valence-electron chi connectivity index (χ3n) is 3.96. The molecule has 1 atom stereocenters. The van der Waals surface area contributed by atoms with Gasteiger partial charge in [0.2, 0.25) is 5.91 Å². The Morgan fingerprint density at radius 1 is 1.08 bits per heavy atom. The van der Waals surface area contributed by atoms with E-state index < -0.39 is 0 Å². The number of rotatable bonds is 6. The molecule has 6 heteroatoms. The summed E-state index contributed by atoms with van der Waals surface area (Å²) < 4.78 is 1.76. The fourth-order valence-electron chi connectivity index (χ4n) is 2.59. The van der Waals surface area contributed by atoms with Crippen LogP contribution in [0.1, 0.15) is 28.9 Å². The predicted octanol–water partition coefficient (Wildman–Crippen LogP) is 2.48. The zero-order valence-electron chi connectivity index (χ0n) is 14.4. The van der Waals surface area contributed by atoms with E-state index in [-0.39, 0.29) is 24.4 Å². The van der Waals surface area contributed by atoms with E-state index in [1.54, 1.807) is 35.1 Å². The fraction of sp³-hybridized carbons (Fsp3) is 0.150. The Labute approximate surface area is 151 Å². The lowest BCUT2D eigenvalue weighted by molar-refractivity contribution is -0.120. The second-order valence-corrected chi connectivity index (χ2v) is 5.88. The van der Waals surface area contributed by atoms with Crippen LogP contribution in [0.15, 0.2) is 73.1 Å². The quantitative estimate of drug-likeness (QED) is 0.718. The fourth-order valence-corrected chi connectivity index (χ4v) is 2.59. The van der Waals surface area contributed by atoms with Crippen LogP contribution < -0.4 is 10.6 Å². The number of aromatic nitrogens is 2. The molecule has 0 aliphatic carbocycles. The van der Waals surface area contributed by atoms with E-state index >= 15 is 0 Å². The van der Waals surface area contributed by atoms with Crippen molar-refractivity contribution in [2.45, 2.75) is 13.0 Å². The second kappa shape index (κ2) is 8.11. The number of hydrogen-bond acceptors (Lipinski definition) is 3. The summed E-state index contributed by atoms with van der Waals surface area (Å²) in [6.45, 7) is 1.83. The van der Waals surface area contributed by atoms with Crippen LogP contribution in [0.2, 0.25) is 0 Å². The average molecular weight is 348 g/mol. The Hall–Kier alpha value is -3.41. The zero-order chi connectivity index (χ0) is 18.4. The van der Waals surface area contributed by atoms with Crippen LogP contribution in [-0.4, -0.2) is 28.1 Å². The summed E-state index contributed by atoms with van der Waals surface area (Å²) >= 11 is 0. The number of amides is 2. The van der Waals surface area contributed by atoms with Crippen LogP contribution in [0, 0.1) is 0 Å². The molecule has 2 amide bonds. The van der Waals surface area contributed by atoms with Gasteiger partial charge >= 0.3 is 0 Å². The van der Waals surface area contributed by atoms with Crippen molar-refractivity contribution in [2.75, 3.05) is 6.54 Å². The molecule has 0 aliphatic rings. The molecule has 3 rings (SSSR count). The van der Waals surface area contributed by atoms with E-state index in [1.807, 2.05) is 49.5 Å². The second-order valence-electron chi connectivity index (χ2n) is 5.88. The van der Waals surface area contributed by atoms with Gasteiger partial charge in [0.25, 0.3) is 5.91 Å². The summed E-state index contributed by atoms with van der Waals surface area (Å²) in [5, 5.41) is 9.72. The summed E-state index contributed by atoms with van der Waals surface area (Å²) in [7, 11) is 0. The van der Waals surface area contributed by atoms with Crippen molar-refractivity contribution in [1.82, 2.24) is 20.4 Å². The topological polar surface area (TPSA) is 76.0 Å². The molecule has 0 aliphatic heterocycles. The Morgan fingerprint density at radius 2 is 1.88 bits per heavy atom. The van der Waals surface area contributed by atoms with E-state index in [4.69, 9.17) is 0 Å². The van der Waals surface area contributed by atoms with Crippen LogP contribution in [0.5, 0.6) is 0 Å². The first-order valence-electron chi connectivity index (χ1n) is 8.36. The summed E-state index contributed by atoms with van der Waals surface area (Å²) in [6.07, 6.45) is 3.58. The highest BCUT2D eigenvalue weighted by molar-refractivity contribution is 5.96. The molecule has 1 aromatic heterocycles. The van der Waals surface area contributed by atoms with E-state index in [2.05, 4.69) is 15.7 Å². The van der Waals surface area contributed by atoms with E-state index in [0.29, 0.717) is 5.56 Å². The first kappa shape index (κ1) is 17.4. The van der Waals surface area contributed by atoms with Crippen molar-refractivity contribution >= 4 is 11.8 Å².